The number of nitrogens with one attached hydrogen (secondary N) is 1. The van der Waals surface area contributed by atoms with Gasteiger partial charge in [0.25, 0.3) is 0 Å². The molecular formula is C16H23N3S. The van der Waals surface area contributed by atoms with Crippen LogP contribution in [0.3, 0.4) is 0 Å². The second-order valence-electron chi connectivity index (χ2n) is 5.96. The summed E-state index contributed by atoms with van der Waals surface area (Å²) in [5, 5.41) is 6.16. The number of hydrogen-bond donors (Lipinski definition) is 1. The largest absolute Gasteiger partial charge is 0.359 e. The number of piperidine rings is 1. The Morgan fingerprint density at radius 2 is 2.25 bits per heavy atom. The van der Waals surface area contributed by atoms with E-state index >= 15 is 0 Å². The van der Waals surface area contributed by atoms with E-state index in [0.717, 1.165) is 24.5 Å². The molecule has 1 aliphatic rings. The van der Waals surface area contributed by atoms with Gasteiger partial charge in [-0.05, 0) is 69.4 Å². The van der Waals surface area contributed by atoms with E-state index in [1.54, 1.807) is 11.5 Å². The van der Waals surface area contributed by atoms with Crippen LogP contribution in [-0.4, -0.2) is 30.0 Å². The Hall–Kier alpha value is -1.13. The summed E-state index contributed by atoms with van der Waals surface area (Å²) in [6.07, 6.45) is 2.65. The van der Waals surface area contributed by atoms with Gasteiger partial charge in [-0.15, -0.1) is 0 Å². The molecule has 0 spiro atoms. The zero-order valence-corrected chi connectivity index (χ0v) is 13.1. The van der Waals surface area contributed by atoms with Gasteiger partial charge in [-0.25, -0.2) is 0 Å². The number of aromatic nitrogens is 1. The lowest BCUT2D eigenvalue weighted by molar-refractivity contribution is 0.372. The van der Waals surface area contributed by atoms with Crippen LogP contribution in [0, 0.1) is 5.92 Å². The van der Waals surface area contributed by atoms with E-state index in [-0.39, 0.29) is 0 Å². The molecule has 0 saturated carbocycles. The molecule has 4 heteroatoms. The summed E-state index contributed by atoms with van der Waals surface area (Å²) in [4.78, 5) is 2.54. The van der Waals surface area contributed by atoms with Gasteiger partial charge in [-0.3, -0.25) is 0 Å². The maximum atomic E-state index is 4.60. The van der Waals surface area contributed by atoms with E-state index in [1.807, 2.05) is 0 Å². The van der Waals surface area contributed by atoms with Crippen LogP contribution >= 0.6 is 11.5 Å². The van der Waals surface area contributed by atoms with E-state index < -0.39 is 0 Å². The molecule has 2 heterocycles. The number of fused-ring (bicyclic) bond motifs is 1. The highest BCUT2D eigenvalue weighted by Gasteiger charge is 2.22. The van der Waals surface area contributed by atoms with Crippen LogP contribution in [0.25, 0.3) is 10.9 Å². The van der Waals surface area contributed by atoms with Crippen molar-refractivity contribution in [3.05, 3.63) is 24.3 Å². The van der Waals surface area contributed by atoms with Gasteiger partial charge in [0.15, 0.2) is 0 Å². The fraction of sp³-hybridized carbons (Fsp3) is 0.562. The average Bonchev–Trinajstić information content (AvgIpc) is 2.89. The molecule has 0 bridgehead atoms. The van der Waals surface area contributed by atoms with E-state index in [9.17, 15) is 0 Å². The van der Waals surface area contributed by atoms with Gasteiger partial charge in [0.2, 0.25) is 0 Å². The monoisotopic (exact) mass is 289 g/mol. The minimum Gasteiger partial charge on any atom is -0.359 e. The predicted octanol–water partition coefficient (Wildman–Crippen LogP) is 3.51. The highest BCUT2D eigenvalue weighted by atomic mass is 32.1. The summed E-state index contributed by atoms with van der Waals surface area (Å²) in [5.74, 6) is 0.756. The Morgan fingerprint density at radius 3 is 3.00 bits per heavy atom. The average molecular weight is 289 g/mol. The van der Waals surface area contributed by atoms with Crippen molar-refractivity contribution in [1.82, 2.24) is 9.69 Å². The van der Waals surface area contributed by atoms with Crippen LogP contribution in [-0.2, 0) is 0 Å². The fourth-order valence-corrected chi connectivity index (χ4v) is 3.97. The molecule has 20 heavy (non-hydrogen) atoms. The predicted molar refractivity (Wildman–Crippen MR) is 87.7 cm³/mol. The molecule has 1 unspecified atom stereocenters. The lowest BCUT2D eigenvalue weighted by Gasteiger charge is -2.33. The number of rotatable bonds is 4. The molecule has 2 aromatic rings. The van der Waals surface area contributed by atoms with Gasteiger partial charge in [-0.1, -0.05) is 12.1 Å². The minimum absolute atomic E-state index is 0.515. The Labute approximate surface area is 125 Å². The molecule has 108 valence electrons. The van der Waals surface area contributed by atoms with Crippen LogP contribution < -0.4 is 10.2 Å². The van der Waals surface area contributed by atoms with E-state index in [1.165, 1.54) is 29.8 Å². The molecule has 1 aromatic heterocycles. The molecule has 1 saturated heterocycles. The van der Waals surface area contributed by atoms with Crippen LogP contribution in [0.1, 0.15) is 26.7 Å². The van der Waals surface area contributed by atoms with E-state index in [2.05, 4.69) is 52.7 Å². The normalized spacial score (nSPS) is 19.6. The summed E-state index contributed by atoms with van der Waals surface area (Å²) in [7, 11) is 0. The van der Waals surface area contributed by atoms with E-state index in [4.69, 9.17) is 0 Å². The highest BCUT2D eigenvalue weighted by molar-refractivity contribution is 7.11. The number of anilines is 1. The van der Waals surface area contributed by atoms with Crippen molar-refractivity contribution >= 4 is 27.4 Å². The molecular weight excluding hydrogens is 266 g/mol. The molecule has 1 N–H and O–H groups in total. The van der Waals surface area contributed by atoms with Gasteiger partial charge >= 0.3 is 0 Å². The van der Waals surface area contributed by atoms with Crippen LogP contribution in [0.5, 0.6) is 0 Å². The molecule has 3 rings (SSSR count). The summed E-state index contributed by atoms with van der Waals surface area (Å²) < 4.78 is 4.60. The summed E-state index contributed by atoms with van der Waals surface area (Å²) >= 11 is 1.64. The second-order valence-corrected chi connectivity index (χ2v) is 6.72. The Bertz CT molecular complexity index is 558. The molecule has 1 aromatic carbocycles. The number of nitrogens with zero attached hydrogens (tertiary/aromatic N) is 2. The van der Waals surface area contributed by atoms with Gasteiger partial charge < -0.3 is 10.2 Å². The fourth-order valence-electron chi connectivity index (χ4n) is 2.97. The lowest BCUT2D eigenvalue weighted by Crippen LogP contribution is -2.41. The lowest BCUT2D eigenvalue weighted by atomic mass is 9.98. The van der Waals surface area contributed by atoms with Crippen molar-refractivity contribution in [1.29, 1.82) is 0 Å². The molecule has 0 radical (unpaired) electrons. The first-order valence-corrected chi connectivity index (χ1v) is 8.35. The molecule has 3 nitrogen and oxygen atoms in total. The van der Waals surface area contributed by atoms with Gasteiger partial charge in [0, 0.05) is 18.0 Å². The van der Waals surface area contributed by atoms with Gasteiger partial charge in [-0.2, -0.15) is 4.37 Å². The number of benzene rings is 1. The van der Waals surface area contributed by atoms with Crippen LogP contribution in [0.15, 0.2) is 24.3 Å². The molecule has 0 amide bonds. The van der Waals surface area contributed by atoms with Crippen molar-refractivity contribution in [2.75, 3.05) is 24.5 Å². The second kappa shape index (κ2) is 6.10. The SMILES string of the molecule is CC(C)N(CC1CCCNC1)c1snc2ccccc12. The maximum Gasteiger partial charge on any atom is 0.120 e. The molecule has 1 aliphatic heterocycles. The Kier molecular flexibility index (Phi) is 4.22. The standard InChI is InChI=1S/C16H23N3S/c1-12(2)19(11-13-6-5-9-17-10-13)16-14-7-3-4-8-15(14)18-20-16/h3-4,7-8,12-13,17H,5-6,9-11H2,1-2H3. The first kappa shape index (κ1) is 13.8. The van der Waals surface area contributed by atoms with Crippen molar-refractivity contribution in [3.63, 3.8) is 0 Å². The smallest absolute Gasteiger partial charge is 0.120 e. The highest BCUT2D eigenvalue weighted by Crippen LogP contribution is 2.33. The van der Waals surface area contributed by atoms with Crippen LogP contribution in [0.2, 0.25) is 0 Å². The van der Waals surface area contributed by atoms with Gasteiger partial charge in [0.05, 0.1) is 5.52 Å². The Balaban J connectivity index is 1.86. The topological polar surface area (TPSA) is 28.2 Å². The van der Waals surface area contributed by atoms with E-state index in [0.29, 0.717) is 6.04 Å². The molecule has 0 aliphatic carbocycles. The third-order valence-electron chi connectivity index (χ3n) is 4.10. The summed E-state index contributed by atoms with van der Waals surface area (Å²) in [6, 6.07) is 9.00. The van der Waals surface area contributed by atoms with Gasteiger partial charge in [0.1, 0.15) is 5.00 Å². The Morgan fingerprint density at radius 1 is 1.40 bits per heavy atom. The quantitative estimate of drug-likeness (QED) is 0.933. The van der Waals surface area contributed by atoms with Crippen molar-refractivity contribution in [3.8, 4) is 0 Å². The first-order chi connectivity index (χ1) is 9.75. The van der Waals surface area contributed by atoms with Crippen molar-refractivity contribution in [2.45, 2.75) is 32.7 Å². The number of hydrogen-bond acceptors (Lipinski definition) is 4. The van der Waals surface area contributed by atoms with Crippen molar-refractivity contribution in [2.24, 2.45) is 5.92 Å². The summed E-state index contributed by atoms with van der Waals surface area (Å²) in [6.45, 7) is 8.04. The van der Waals surface area contributed by atoms with Crippen molar-refractivity contribution < 1.29 is 0 Å². The zero-order valence-electron chi connectivity index (χ0n) is 12.3. The first-order valence-electron chi connectivity index (χ1n) is 7.57. The maximum absolute atomic E-state index is 4.60. The third-order valence-corrected chi connectivity index (χ3v) is 5.02. The third kappa shape index (κ3) is 2.81. The zero-order chi connectivity index (χ0) is 13.9. The molecule has 1 atom stereocenters. The minimum atomic E-state index is 0.515. The van der Waals surface area contributed by atoms with Crippen LogP contribution in [0.4, 0.5) is 5.00 Å². The summed E-state index contributed by atoms with van der Waals surface area (Å²) in [5.41, 5.74) is 1.12. The molecule has 1 fully saturated rings.